The third-order valence-electron chi connectivity index (χ3n) is 2.44. The number of anilines is 1. The van der Waals surface area contributed by atoms with E-state index in [1.54, 1.807) is 12.4 Å². The number of fused-ring (bicyclic) bond motifs is 1. The van der Waals surface area contributed by atoms with Crippen molar-refractivity contribution < 1.29 is 0 Å². The van der Waals surface area contributed by atoms with Crippen LogP contribution in [0.15, 0.2) is 24.7 Å². The van der Waals surface area contributed by atoms with Crippen LogP contribution in [0.2, 0.25) is 5.02 Å². The van der Waals surface area contributed by atoms with Crippen molar-refractivity contribution in [1.29, 1.82) is 0 Å². The lowest BCUT2D eigenvalue weighted by molar-refractivity contribution is 1.10. The SMILES string of the molecule is Nc1cn[nH]c1-c1c[nH]c2ncc(Cl)cc12. The van der Waals surface area contributed by atoms with E-state index in [4.69, 9.17) is 17.3 Å². The number of nitrogens with one attached hydrogen (secondary N) is 2. The summed E-state index contributed by atoms with van der Waals surface area (Å²) >= 11 is 5.92. The molecule has 0 atom stereocenters. The van der Waals surface area contributed by atoms with Crippen LogP contribution in [0.3, 0.4) is 0 Å². The normalized spacial score (nSPS) is 11.1. The summed E-state index contributed by atoms with van der Waals surface area (Å²) in [5.74, 6) is 0. The summed E-state index contributed by atoms with van der Waals surface area (Å²) in [6, 6.07) is 1.84. The van der Waals surface area contributed by atoms with E-state index in [2.05, 4.69) is 20.2 Å². The number of nitrogens with two attached hydrogens (primary N) is 1. The van der Waals surface area contributed by atoms with Crippen LogP contribution < -0.4 is 5.73 Å². The fraction of sp³-hybridized carbons (Fsp3) is 0. The third kappa shape index (κ3) is 1.25. The van der Waals surface area contributed by atoms with Crippen molar-refractivity contribution in [2.75, 3.05) is 5.73 Å². The number of nitrogen functional groups attached to an aromatic ring is 1. The fourth-order valence-corrected chi connectivity index (χ4v) is 1.85. The molecule has 3 rings (SSSR count). The molecule has 0 amide bonds. The van der Waals surface area contributed by atoms with Gasteiger partial charge in [-0.2, -0.15) is 5.10 Å². The zero-order valence-corrected chi connectivity index (χ0v) is 8.92. The molecule has 6 heteroatoms. The molecule has 3 heterocycles. The first-order valence-electron chi connectivity index (χ1n) is 4.67. The van der Waals surface area contributed by atoms with Gasteiger partial charge < -0.3 is 10.7 Å². The summed E-state index contributed by atoms with van der Waals surface area (Å²) in [5, 5.41) is 8.25. The molecule has 0 radical (unpaired) electrons. The van der Waals surface area contributed by atoms with Crippen LogP contribution in [0.25, 0.3) is 22.3 Å². The molecule has 4 N–H and O–H groups in total. The van der Waals surface area contributed by atoms with Crippen molar-refractivity contribution in [3.8, 4) is 11.3 Å². The van der Waals surface area contributed by atoms with Gasteiger partial charge in [0.25, 0.3) is 0 Å². The highest BCUT2D eigenvalue weighted by molar-refractivity contribution is 6.31. The summed E-state index contributed by atoms with van der Waals surface area (Å²) in [6.07, 6.45) is 5.00. The maximum absolute atomic E-state index is 5.92. The Morgan fingerprint density at radius 1 is 1.31 bits per heavy atom. The number of halogens is 1. The molecule has 16 heavy (non-hydrogen) atoms. The van der Waals surface area contributed by atoms with Gasteiger partial charge in [0.2, 0.25) is 0 Å². The zero-order chi connectivity index (χ0) is 11.1. The molecule has 0 aliphatic rings. The van der Waals surface area contributed by atoms with Crippen molar-refractivity contribution in [2.24, 2.45) is 0 Å². The van der Waals surface area contributed by atoms with Gasteiger partial charge in [-0.25, -0.2) is 4.98 Å². The zero-order valence-electron chi connectivity index (χ0n) is 8.16. The Labute approximate surface area is 95.6 Å². The molecule has 0 aliphatic carbocycles. The molecule has 0 bridgehead atoms. The summed E-state index contributed by atoms with van der Waals surface area (Å²) in [7, 11) is 0. The van der Waals surface area contributed by atoms with Crippen molar-refractivity contribution in [1.82, 2.24) is 20.2 Å². The largest absolute Gasteiger partial charge is 0.396 e. The number of pyridine rings is 1. The topological polar surface area (TPSA) is 83.4 Å². The van der Waals surface area contributed by atoms with Gasteiger partial charge in [-0.05, 0) is 6.07 Å². The highest BCUT2D eigenvalue weighted by Crippen LogP contribution is 2.30. The van der Waals surface area contributed by atoms with Crippen LogP contribution in [-0.2, 0) is 0 Å². The monoisotopic (exact) mass is 233 g/mol. The van der Waals surface area contributed by atoms with Gasteiger partial charge >= 0.3 is 0 Å². The molecule has 0 spiro atoms. The van der Waals surface area contributed by atoms with E-state index in [1.165, 1.54) is 0 Å². The molecule has 5 nitrogen and oxygen atoms in total. The predicted octanol–water partition coefficient (Wildman–Crippen LogP) is 2.19. The number of hydrogen-bond acceptors (Lipinski definition) is 3. The molecular weight excluding hydrogens is 226 g/mol. The molecule has 0 aliphatic heterocycles. The van der Waals surface area contributed by atoms with E-state index in [0.29, 0.717) is 10.7 Å². The Hall–Kier alpha value is -2.01. The number of aromatic amines is 2. The first-order chi connectivity index (χ1) is 7.75. The van der Waals surface area contributed by atoms with Crippen LogP contribution in [0.5, 0.6) is 0 Å². The van der Waals surface area contributed by atoms with Gasteiger partial charge in [-0.3, -0.25) is 5.10 Å². The predicted molar refractivity (Wildman–Crippen MR) is 63.1 cm³/mol. The smallest absolute Gasteiger partial charge is 0.138 e. The standard InChI is InChI=1S/C10H8ClN5/c11-5-1-6-7(3-14-10(6)13-2-5)9-8(12)4-15-16-9/h1-4H,12H2,(H,13,14)(H,15,16). The number of nitrogens with zero attached hydrogens (tertiary/aromatic N) is 2. The third-order valence-corrected chi connectivity index (χ3v) is 2.64. The van der Waals surface area contributed by atoms with E-state index >= 15 is 0 Å². The minimum Gasteiger partial charge on any atom is -0.396 e. The summed E-state index contributed by atoms with van der Waals surface area (Å²) < 4.78 is 0. The van der Waals surface area contributed by atoms with Crippen LogP contribution in [0.4, 0.5) is 5.69 Å². The maximum Gasteiger partial charge on any atom is 0.138 e. The first-order valence-corrected chi connectivity index (χ1v) is 5.05. The number of hydrogen-bond donors (Lipinski definition) is 3. The van der Waals surface area contributed by atoms with Gasteiger partial charge in [0, 0.05) is 23.3 Å². The molecule has 3 aromatic rings. The Morgan fingerprint density at radius 2 is 2.19 bits per heavy atom. The van der Waals surface area contributed by atoms with Gasteiger partial charge in [0.05, 0.1) is 22.6 Å². The lowest BCUT2D eigenvalue weighted by atomic mass is 10.1. The van der Waals surface area contributed by atoms with Gasteiger partial charge in [0.1, 0.15) is 5.65 Å². The van der Waals surface area contributed by atoms with Crippen molar-refractivity contribution in [2.45, 2.75) is 0 Å². The Bertz CT molecular complexity index is 654. The van der Waals surface area contributed by atoms with Crippen LogP contribution >= 0.6 is 11.6 Å². The molecule has 0 aromatic carbocycles. The van der Waals surface area contributed by atoms with Crippen molar-refractivity contribution >= 4 is 28.3 Å². The average Bonchev–Trinajstić information content (AvgIpc) is 2.83. The Balaban J connectivity index is 2.32. The minimum absolute atomic E-state index is 0.589. The highest BCUT2D eigenvalue weighted by atomic mass is 35.5. The van der Waals surface area contributed by atoms with Crippen molar-refractivity contribution in [3.63, 3.8) is 0 Å². The second-order valence-electron chi connectivity index (χ2n) is 3.45. The lowest BCUT2D eigenvalue weighted by Crippen LogP contribution is -1.85. The maximum atomic E-state index is 5.92. The van der Waals surface area contributed by atoms with Crippen LogP contribution in [-0.4, -0.2) is 20.2 Å². The number of H-pyrrole nitrogens is 2. The number of aromatic nitrogens is 4. The molecule has 0 saturated carbocycles. The van der Waals surface area contributed by atoms with Gasteiger partial charge in [-0.15, -0.1) is 0 Å². The van der Waals surface area contributed by atoms with Crippen LogP contribution in [0, 0.1) is 0 Å². The fourth-order valence-electron chi connectivity index (χ4n) is 1.70. The molecule has 0 fully saturated rings. The van der Waals surface area contributed by atoms with Gasteiger partial charge in [-0.1, -0.05) is 11.6 Å². The van der Waals surface area contributed by atoms with Crippen LogP contribution in [0.1, 0.15) is 0 Å². The average molecular weight is 234 g/mol. The van der Waals surface area contributed by atoms with E-state index in [-0.39, 0.29) is 0 Å². The molecular formula is C10H8ClN5. The van der Waals surface area contributed by atoms with E-state index < -0.39 is 0 Å². The Kier molecular flexibility index (Phi) is 1.87. The van der Waals surface area contributed by atoms with E-state index in [0.717, 1.165) is 22.3 Å². The summed E-state index contributed by atoms with van der Waals surface area (Å²) in [4.78, 5) is 7.24. The van der Waals surface area contributed by atoms with E-state index in [9.17, 15) is 0 Å². The van der Waals surface area contributed by atoms with E-state index in [1.807, 2.05) is 12.3 Å². The molecule has 0 unspecified atom stereocenters. The van der Waals surface area contributed by atoms with Gasteiger partial charge in [0.15, 0.2) is 0 Å². The lowest BCUT2D eigenvalue weighted by Gasteiger charge is -1.97. The second-order valence-corrected chi connectivity index (χ2v) is 3.89. The second kappa shape index (κ2) is 3.24. The quantitative estimate of drug-likeness (QED) is 0.602. The first kappa shape index (κ1) is 9.23. The summed E-state index contributed by atoms with van der Waals surface area (Å²) in [5.41, 5.74) is 8.86. The number of rotatable bonds is 1. The highest BCUT2D eigenvalue weighted by Gasteiger charge is 2.11. The van der Waals surface area contributed by atoms with Crippen molar-refractivity contribution in [3.05, 3.63) is 29.7 Å². The summed E-state index contributed by atoms with van der Waals surface area (Å²) in [6.45, 7) is 0. The molecule has 3 aromatic heterocycles. The Morgan fingerprint density at radius 3 is 2.94 bits per heavy atom. The minimum atomic E-state index is 0.589. The molecule has 0 saturated heterocycles. The molecule has 80 valence electrons.